The Hall–Kier alpha value is -0.200. The molecule has 0 aromatic carbocycles. The van der Waals surface area contributed by atoms with E-state index in [1.165, 1.54) is 0 Å². The molecule has 1 fully saturated rings. The summed E-state index contributed by atoms with van der Waals surface area (Å²) in [4.78, 5) is 0. The summed E-state index contributed by atoms with van der Waals surface area (Å²) in [5.41, 5.74) is 0. The maximum atomic E-state index is 5.15. The van der Waals surface area contributed by atoms with Gasteiger partial charge in [0.25, 0.3) is 0 Å². The van der Waals surface area contributed by atoms with Crippen LogP contribution in [0.3, 0.4) is 0 Å². The zero-order valence-electron chi connectivity index (χ0n) is 6.99. The van der Waals surface area contributed by atoms with Crippen molar-refractivity contribution in [3.63, 3.8) is 0 Å². The fourth-order valence-electron chi connectivity index (χ4n) is 0.700. The second kappa shape index (κ2) is 7.45. The number of rotatable bonds is 0. The molecule has 1 aliphatic rings. The van der Waals surface area contributed by atoms with Crippen molar-refractivity contribution in [2.24, 2.45) is 0 Å². The van der Waals surface area contributed by atoms with Crippen molar-refractivity contribution >= 4 is 0 Å². The van der Waals surface area contributed by atoms with Gasteiger partial charge in [0, 0.05) is 0 Å². The Kier molecular flexibility index (Phi) is 6.14. The highest BCUT2D eigenvalue weighted by atomic mass is 16.8. The summed E-state index contributed by atoms with van der Waals surface area (Å²) in [6.07, 6.45) is 0. The van der Waals surface area contributed by atoms with Gasteiger partial charge in [-0.2, -0.15) is 0 Å². The fraction of sp³-hybridized carbons (Fsp3) is 1.00. The third-order valence-corrected chi connectivity index (χ3v) is 1.24. The van der Waals surface area contributed by atoms with Gasteiger partial charge in [-0.3, -0.25) is 0 Å². The van der Waals surface area contributed by atoms with E-state index in [0.29, 0.717) is 26.4 Å². The normalized spacial score (nSPS) is 24.0. The number of hydrogen-bond donors (Lipinski definition) is 0. The molecule has 0 bridgehead atoms. The molecule has 0 radical (unpaired) electrons. The lowest BCUT2D eigenvalue weighted by molar-refractivity contribution is -0.182. The molecule has 0 atom stereocenters. The zero-order chi connectivity index (χ0) is 8.49. The van der Waals surface area contributed by atoms with Crippen LogP contribution in [0, 0.1) is 0 Å². The predicted molar refractivity (Wildman–Crippen MR) is 39.5 cm³/mol. The van der Waals surface area contributed by atoms with Crippen molar-refractivity contribution < 1.29 is 23.7 Å². The lowest BCUT2D eigenvalue weighted by Gasteiger charge is -2.10. The van der Waals surface area contributed by atoms with Crippen LogP contribution in [0.2, 0.25) is 0 Å². The maximum Gasteiger partial charge on any atom is 0.152 e. The lowest BCUT2D eigenvalue weighted by atomic mass is 10.7. The molecule has 1 heterocycles. The average molecular weight is 178 g/mol. The van der Waals surface area contributed by atoms with Crippen LogP contribution >= 0.6 is 0 Å². The average Bonchev–Trinajstić information content (AvgIpc) is 2.05. The molecule has 12 heavy (non-hydrogen) atoms. The summed E-state index contributed by atoms with van der Waals surface area (Å²) in [6.45, 7) is 2.93. The molecule has 1 rings (SSSR count). The first-order valence-electron chi connectivity index (χ1n) is 3.89. The summed E-state index contributed by atoms with van der Waals surface area (Å²) in [5, 5.41) is 0. The first-order valence-corrected chi connectivity index (χ1v) is 3.89. The van der Waals surface area contributed by atoms with Crippen molar-refractivity contribution in [1.29, 1.82) is 0 Å². The lowest BCUT2D eigenvalue weighted by Crippen LogP contribution is -2.15. The molecule has 72 valence electrons. The van der Waals surface area contributed by atoms with Gasteiger partial charge in [-0.05, 0) is 0 Å². The molecule has 1 aliphatic heterocycles. The van der Waals surface area contributed by atoms with Gasteiger partial charge in [0.05, 0.1) is 26.4 Å². The standard InChI is InChI=1S/C7H14O5/c1-3-9-5-11-7-12-6-10-4-2-8-1/h1-7H2. The molecular weight excluding hydrogens is 164 g/mol. The summed E-state index contributed by atoms with van der Waals surface area (Å²) >= 11 is 0. The van der Waals surface area contributed by atoms with Gasteiger partial charge in [0.1, 0.15) is 13.6 Å². The van der Waals surface area contributed by atoms with Gasteiger partial charge in [0.15, 0.2) is 6.79 Å². The molecule has 0 unspecified atom stereocenters. The van der Waals surface area contributed by atoms with E-state index in [0.717, 1.165) is 0 Å². The Morgan fingerprint density at radius 1 is 0.417 bits per heavy atom. The van der Waals surface area contributed by atoms with Crippen LogP contribution < -0.4 is 0 Å². The Morgan fingerprint density at radius 3 is 1.42 bits per heavy atom. The highest BCUT2D eigenvalue weighted by Gasteiger charge is 1.94. The van der Waals surface area contributed by atoms with Crippen molar-refractivity contribution in [2.75, 3.05) is 46.8 Å². The fourth-order valence-corrected chi connectivity index (χ4v) is 0.700. The van der Waals surface area contributed by atoms with Crippen LogP contribution in [0.5, 0.6) is 0 Å². The molecule has 0 spiro atoms. The van der Waals surface area contributed by atoms with Crippen molar-refractivity contribution in [3.05, 3.63) is 0 Å². The van der Waals surface area contributed by atoms with Gasteiger partial charge in [-0.1, -0.05) is 0 Å². The number of hydrogen-bond acceptors (Lipinski definition) is 5. The molecule has 1 saturated heterocycles. The van der Waals surface area contributed by atoms with Crippen LogP contribution in [0.15, 0.2) is 0 Å². The van der Waals surface area contributed by atoms with E-state index >= 15 is 0 Å². The molecule has 0 aromatic rings. The molecule has 0 aromatic heterocycles. The Bertz CT molecular complexity index is 54.8. The molecule has 5 nitrogen and oxygen atoms in total. The van der Waals surface area contributed by atoms with E-state index in [4.69, 9.17) is 23.7 Å². The number of ether oxygens (including phenoxy) is 5. The molecule has 0 saturated carbocycles. The maximum absolute atomic E-state index is 5.15. The van der Waals surface area contributed by atoms with E-state index in [9.17, 15) is 0 Å². The minimum Gasteiger partial charge on any atom is -0.377 e. The molecular formula is C7H14O5. The second-order valence-corrected chi connectivity index (χ2v) is 2.19. The molecule has 5 heteroatoms. The summed E-state index contributed by atoms with van der Waals surface area (Å²) in [5.74, 6) is 0. The quantitative estimate of drug-likeness (QED) is 0.520. The van der Waals surface area contributed by atoms with E-state index in [2.05, 4.69) is 0 Å². The van der Waals surface area contributed by atoms with Crippen molar-refractivity contribution in [3.8, 4) is 0 Å². The molecule has 0 aliphatic carbocycles. The summed E-state index contributed by atoms with van der Waals surface area (Å²) in [7, 11) is 0. The highest BCUT2D eigenvalue weighted by molar-refractivity contribution is 4.30. The van der Waals surface area contributed by atoms with Crippen molar-refractivity contribution in [2.45, 2.75) is 0 Å². The first-order chi connectivity index (χ1) is 6.00. The predicted octanol–water partition coefficient (Wildman–Crippen LogP) is -0.0445. The van der Waals surface area contributed by atoms with Gasteiger partial charge >= 0.3 is 0 Å². The molecule has 0 N–H and O–H groups in total. The largest absolute Gasteiger partial charge is 0.377 e. The SMILES string of the molecule is C1COCOCOCOCCO1. The Balaban J connectivity index is 2.00. The minimum atomic E-state index is 0.209. The summed E-state index contributed by atoms with van der Waals surface area (Å²) in [6, 6.07) is 0. The third-order valence-electron chi connectivity index (χ3n) is 1.24. The Morgan fingerprint density at radius 2 is 0.833 bits per heavy atom. The van der Waals surface area contributed by atoms with Crippen molar-refractivity contribution in [1.82, 2.24) is 0 Å². The van der Waals surface area contributed by atoms with Crippen LogP contribution in [0.1, 0.15) is 0 Å². The minimum absolute atomic E-state index is 0.209. The van der Waals surface area contributed by atoms with Crippen LogP contribution in [-0.4, -0.2) is 46.8 Å². The van der Waals surface area contributed by atoms with Gasteiger partial charge in [-0.15, -0.1) is 0 Å². The third kappa shape index (κ3) is 5.45. The van der Waals surface area contributed by atoms with Crippen LogP contribution in [0.25, 0.3) is 0 Å². The second-order valence-electron chi connectivity index (χ2n) is 2.19. The van der Waals surface area contributed by atoms with E-state index in [1.54, 1.807) is 0 Å². The van der Waals surface area contributed by atoms with E-state index in [-0.39, 0.29) is 20.4 Å². The monoisotopic (exact) mass is 178 g/mol. The van der Waals surface area contributed by atoms with Crippen LogP contribution in [0.4, 0.5) is 0 Å². The van der Waals surface area contributed by atoms with E-state index in [1.807, 2.05) is 0 Å². The Labute approximate surface area is 71.5 Å². The summed E-state index contributed by atoms with van der Waals surface area (Å²) < 4.78 is 25.1. The van der Waals surface area contributed by atoms with Crippen LogP contribution in [-0.2, 0) is 23.7 Å². The topological polar surface area (TPSA) is 46.2 Å². The first kappa shape index (κ1) is 9.88. The smallest absolute Gasteiger partial charge is 0.152 e. The zero-order valence-corrected chi connectivity index (χ0v) is 6.99. The van der Waals surface area contributed by atoms with Gasteiger partial charge in [0.2, 0.25) is 0 Å². The van der Waals surface area contributed by atoms with E-state index < -0.39 is 0 Å². The molecule has 0 amide bonds. The van der Waals surface area contributed by atoms with Gasteiger partial charge in [-0.25, -0.2) is 0 Å². The van der Waals surface area contributed by atoms with Gasteiger partial charge < -0.3 is 23.7 Å². The highest BCUT2D eigenvalue weighted by Crippen LogP contribution is 1.86.